The second-order valence-corrected chi connectivity index (χ2v) is 4.55. The Hall–Kier alpha value is -1.57. The van der Waals surface area contributed by atoms with Crippen LogP contribution in [0.2, 0.25) is 0 Å². The van der Waals surface area contributed by atoms with Crippen LogP contribution in [0.25, 0.3) is 11.4 Å². The van der Waals surface area contributed by atoms with Gasteiger partial charge in [-0.05, 0) is 32.4 Å². The zero-order chi connectivity index (χ0) is 11.7. The second-order valence-electron chi connectivity index (χ2n) is 4.55. The predicted octanol–water partition coefficient (Wildman–Crippen LogP) is 2.87. The van der Waals surface area contributed by atoms with Crippen LogP contribution in [0.1, 0.15) is 25.5 Å². The van der Waals surface area contributed by atoms with Crippen LogP contribution in [0.15, 0.2) is 36.7 Å². The Balaban J connectivity index is 2.64. The topological polar surface area (TPSA) is 8.81 Å². The van der Waals surface area contributed by atoms with Crippen molar-refractivity contribution < 1.29 is 4.57 Å². The summed E-state index contributed by atoms with van der Waals surface area (Å²) in [6.45, 7) is 6.58. The number of imidazole rings is 1. The van der Waals surface area contributed by atoms with Crippen LogP contribution in [0, 0.1) is 6.92 Å². The fraction of sp³-hybridized carbons (Fsp3) is 0.357. The number of nitrogens with zero attached hydrogens (tertiary/aromatic N) is 2. The van der Waals surface area contributed by atoms with Gasteiger partial charge in [-0.1, -0.05) is 18.2 Å². The highest BCUT2D eigenvalue weighted by atomic mass is 15.1. The summed E-state index contributed by atoms with van der Waals surface area (Å²) in [5.41, 5.74) is 2.63. The van der Waals surface area contributed by atoms with Crippen LogP contribution in [0.3, 0.4) is 0 Å². The van der Waals surface area contributed by atoms with Gasteiger partial charge in [-0.15, -0.1) is 0 Å². The average Bonchev–Trinajstić information content (AvgIpc) is 2.61. The lowest BCUT2D eigenvalue weighted by atomic mass is 10.1. The van der Waals surface area contributed by atoms with Crippen molar-refractivity contribution in [2.24, 2.45) is 7.05 Å². The lowest BCUT2D eigenvalue weighted by Gasteiger charge is -2.07. The van der Waals surface area contributed by atoms with Crippen molar-refractivity contribution >= 4 is 0 Å². The van der Waals surface area contributed by atoms with Gasteiger partial charge in [-0.3, -0.25) is 0 Å². The van der Waals surface area contributed by atoms with E-state index >= 15 is 0 Å². The molecule has 2 rings (SSSR count). The molecule has 0 amide bonds. The van der Waals surface area contributed by atoms with Crippen LogP contribution >= 0.6 is 0 Å². The maximum Gasteiger partial charge on any atom is 0.289 e. The number of hydrogen-bond acceptors (Lipinski definition) is 0. The highest BCUT2D eigenvalue weighted by Crippen LogP contribution is 2.22. The Morgan fingerprint density at radius 3 is 2.50 bits per heavy atom. The monoisotopic (exact) mass is 215 g/mol. The number of aromatic nitrogens is 2. The van der Waals surface area contributed by atoms with E-state index in [4.69, 9.17) is 0 Å². The Morgan fingerprint density at radius 2 is 1.88 bits per heavy atom. The molecule has 1 aromatic carbocycles. The third kappa shape index (κ3) is 1.75. The van der Waals surface area contributed by atoms with Crippen LogP contribution in [-0.4, -0.2) is 4.57 Å². The number of aryl methyl sites for hydroxylation is 2. The van der Waals surface area contributed by atoms with E-state index < -0.39 is 0 Å². The summed E-state index contributed by atoms with van der Waals surface area (Å²) in [5.74, 6) is 1.27. The van der Waals surface area contributed by atoms with E-state index in [1.54, 1.807) is 0 Å². The largest absolute Gasteiger partial charge is 0.289 e. The zero-order valence-electron chi connectivity index (χ0n) is 10.4. The molecule has 1 aromatic heterocycles. The molecule has 0 unspecified atom stereocenters. The molecule has 84 valence electrons. The molecule has 2 aromatic rings. The van der Waals surface area contributed by atoms with Gasteiger partial charge in [-0.25, -0.2) is 9.13 Å². The zero-order valence-corrected chi connectivity index (χ0v) is 10.4. The van der Waals surface area contributed by atoms with Crippen molar-refractivity contribution in [3.63, 3.8) is 0 Å². The number of rotatable bonds is 2. The molecule has 2 heteroatoms. The molecule has 2 nitrogen and oxygen atoms in total. The molecule has 0 saturated carbocycles. The van der Waals surface area contributed by atoms with Gasteiger partial charge in [0.15, 0.2) is 0 Å². The molecular formula is C14H19N2+. The summed E-state index contributed by atoms with van der Waals surface area (Å²) in [6.07, 6.45) is 4.26. The molecular weight excluding hydrogens is 196 g/mol. The molecule has 0 fully saturated rings. The molecule has 0 aliphatic carbocycles. The minimum absolute atomic E-state index is 0.482. The summed E-state index contributed by atoms with van der Waals surface area (Å²) in [5, 5.41) is 0. The first-order valence-corrected chi connectivity index (χ1v) is 5.73. The fourth-order valence-corrected chi connectivity index (χ4v) is 2.06. The Kier molecular flexibility index (Phi) is 2.82. The van der Waals surface area contributed by atoms with Gasteiger partial charge in [0, 0.05) is 0 Å². The van der Waals surface area contributed by atoms with Gasteiger partial charge in [0.05, 0.1) is 18.7 Å². The predicted molar refractivity (Wildman–Crippen MR) is 66.2 cm³/mol. The highest BCUT2D eigenvalue weighted by Gasteiger charge is 2.20. The van der Waals surface area contributed by atoms with Gasteiger partial charge in [0.25, 0.3) is 5.82 Å². The fourth-order valence-electron chi connectivity index (χ4n) is 2.06. The van der Waals surface area contributed by atoms with Crippen molar-refractivity contribution in [3.05, 3.63) is 42.2 Å². The smallest absolute Gasteiger partial charge is 0.233 e. The number of hydrogen-bond donors (Lipinski definition) is 0. The molecule has 0 aliphatic rings. The average molecular weight is 215 g/mol. The first kappa shape index (κ1) is 10.9. The van der Waals surface area contributed by atoms with E-state index in [0.717, 1.165) is 0 Å². The Labute approximate surface area is 97.2 Å². The third-order valence-corrected chi connectivity index (χ3v) is 2.97. The van der Waals surface area contributed by atoms with E-state index in [2.05, 4.69) is 73.6 Å². The lowest BCUT2D eigenvalue weighted by molar-refractivity contribution is -0.659. The molecule has 1 heterocycles. The molecule has 0 saturated heterocycles. The summed E-state index contributed by atoms with van der Waals surface area (Å²) in [4.78, 5) is 0. The third-order valence-electron chi connectivity index (χ3n) is 2.97. The summed E-state index contributed by atoms with van der Waals surface area (Å²) in [6, 6.07) is 9.01. The Morgan fingerprint density at radius 1 is 1.19 bits per heavy atom. The van der Waals surface area contributed by atoms with Gasteiger partial charge in [0.2, 0.25) is 0 Å². The maximum absolute atomic E-state index is 2.31. The maximum atomic E-state index is 2.31. The van der Waals surface area contributed by atoms with E-state index in [0.29, 0.717) is 6.04 Å². The van der Waals surface area contributed by atoms with E-state index in [1.165, 1.54) is 17.0 Å². The van der Waals surface area contributed by atoms with Gasteiger partial charge in [0.1, 0.15) is 12.4 Å². The molecule has 0 atom stereocenters. The summed E-state index contributed by atoms with van der Waals surface area (Å²) < 4.78 is 4.49. The molecule has 0 bridgehead atoms. The Bertz CT molecular complexity index is 495. The second kappa shape index (κ2) is 4.12. The van der Waals surface area contributed by atoms with Crippen molar-refractivity contribution in [1.82, 2.24) is 4.57 Å². The normalized spacial score (nSPS) is 11.1. The quantitative estimate of drug-likeness (QED) is 0.681. The van der Waals surface area contributed by atoms with Crippen LogP contribution in [-0.2, 0) is 7.05 Å². The van der Waals surface area contributed by atoms with E-state index in [-0.39, 0.29) is 0 Å². The molecule has 0 aliphatic heterocycles. The summed E-state index contributed by atoms with van der Waals surface area (Å²) >= 11 is 0. The minimum Gasteiger partial charge on any atom is -0.233 e. The van der Waals surface area contributed by atoms with Crippen molar-refractivity contribution in [2.45, 2.75) is 26.8 Å². The van der Waals surface area contributed by atoms with E-state index in [9.17, 15) is 0 Å². The molecule has 0 N–H and O–H groups in total. The number of benzene rings is 1. The molecule has 0 spiro atoms. The van der Waals surface area contributed by atoms with E-state index in [1.807, 2.05) is 0 Å². The van der Waals surface area contributed by atoms with Crippen LogP contribution in [0.4, 0.5) is 0 Å². The molecule has 16 heavy (non-hydrogen) atoms. The van der Waals surface area contributed by atoms with Crippen molar-refractivity contribution in [2.75, 3.05) is 0 Å². The van der Waals surface area contributed by atoms with Crippen molar-refractivity contribution in [1.29, 1.82) is 0 Å². The SMILES string of the molecule is Cc1ccccc1-c1n(C(C)C)cc[n+]1C. The highest BCUT2D eigenvalue weighted by molar-refractivity contribution is 5.57. The van der Waals surface area contributed by atoms with Crippen molar-refractivity contribution in [3.8, 4) is 11.4 Å². The molecule has 0 radical (unpaired) electrons. The first-order valence-electron chi connectivity index (χ1n) is 5.73. The lowest BCUT2D eigenvalue weighted by Crippen LogP contribution is -2.29. The van der Waals surface area contributed by atoms with Gasteiger partial charge >= 0.3 is 0 Å². The minimum atomic E-state index is 0.482. The van der Waals surface area contributed by atoms with Gasteiger partial charge in [-0.2, -0.15) is 0 Å². The van der Waals surface area contributed by atoms with Crippen LogP contribution in [0.5, 0.6) is 0 Å². The summed E-state index contributed by atoms with van der Waals surface area (Å²) in [7, 11) is 2.10. The standard InChI is InChI=1S/C14H19N2/c1-11(2)16-10-9-15(4)14(16)13-8-6-5-7-12(13)3/h5-11H,1-4H3/q+1. The van der Waals surface area contributed by atoms with Gasteiger partial charge < -0.3 is 0 Å². The first-order chi connectivity index (χ1) is 7.61. The van der Waals surface area contributed by atoms with Crippen LogP contribution < -0.4 is 4.57 Å².